The van der Waals surface area contributed by atoms with Gasteiger partial charge in [0, 0.05) is 16.1 Å². The van der Waals surface area contributed by atoms with Crippen LogP contribution in [0.3, 0.4) is 0 Å². The van der Waals surface area contributed by atoms with E-state index in [1.165, 1.54) is 11.7 Å². The Labute approximate surface area is 156 Å². The summed E-state index contributed by atoms with van der Waals surface area (Å²) in [5, 5.41) is 1.28. The molecule has 1 heterocycles. The maximum Gasteiger partial charge on any atom is 0.340 e. The van der Waals surface area contributed by atoms with Gasteiger partial charge in [-0.1, -0.05) is 29.8 Å². The Bertz CT molecular complexity index is 1010. The highest BCUT2D eigenvalue weighted by molar-refractivity contribution is 6.30. The van der Waals surface area contributed by atoms with Crippen LogP contribution < -0.4 is 4.74 Å². The highest BCUT2D eigenvalue weighted by Gasteiger charge is 2.23. The first-order valence-electron chi connectivity index (χ1n) is 8.04. The molecule has 26 heavy (non-hydrogen) atoms. The van der Waals surface area contributed by atoms with Crippen molar-refractivity contribution < 1.29 is 19.1 Å². The summed E-state index contributed by atoms with van der Waals surface area (Å²) in [4.78, 5) is 25.0. The molecule has 0 N–H and O–H groups in total. The summed E-state index contributed by atoms with van der Waals surface area (Å²) >= 11 is 5.94. The molecular weight excluding hydrogens is 354 g/mol. The molecule has 0 unspecified atom stereocenters. The first kappa shape index (κ1) is 18.0. The Kier molecular flexibility index (Phi) is 5.00. The van der Waals surface area contributed by atoms with E-state index in [0.29, 0.717) is 32.9 Å². The zero-order valence-corrected chi connectivity index (χ0v) is 15.5. The van der Waals surface area contributed by atoms with Crippen LogP contribution in [0.4, 0.5) is 0 Å². The molecule has 0 atom stereocenters. The summed E-state index contributed by atoms with van der Waals surface area (Å²) in [6.45, 7) is 3.41. The average molecular weight is 372 g/mol. The maximum absolute atomic E-state index is 12.8. The van der Waals surface area contributed by atoms with Gasteiger partial charge in [0.25, 0.3) is 5.91 Å². The van der Waals surface area contributed by atoms with Crippen molar-refractivity contribution in [2.45, 2.75) is 13.8 Å². The predicted octanol–water partition coefficient (Wildman–Crippen LogP) is 4.42. The number of nitrogens with zero attached hydrogens (tertiary/aromatic N) is 1. The van der Waals surface area contributed by atoms with Crippen LogP contribution in [-0.2, 0) is 4.74 Å². The number of methoxy groups -OCH3 is 1. The quantitative estimate of drug-likeness (QED) is 0.637. The van der Waals surface area contributed by atoms with E-state index >= 15 is 0 Å². The molecule has 0 aliphatic carbocycles. The molecule has 0 bridgehead atoms. The van der Waals surface area contributed by atoms with Gasteiger partial charge in [-0.3, -0.25) is 9.36 Å². The Morgan fingerprint density at radius 1 is 1.12 bits per heavy atom. The summed E-state index contributed by atoms with van der Waals surface area (Å²) in [6.07, 6.45) is 0. The molecule has 0 aliphatic heterocycles. The minimum Gasteiger partial charge on any atom is -0.483 e. The van der Waals surface area contributed by atoms with E-state index in [0.717, 1.165) is 5.56 Å². The second kappa shape index (κ2) is 7.22. The van der Waals surface area contributed by atoms with Crippen molar-refractivity contribution in [2.24, 2.45) is 0 Å². The molecule has 1 aromatic heterocycles. The fourth-order valence-corrected chi connectivity index (χ4v) is 3.25. The van der Waals surface area contributed by atoms with Crippen molar-refractivity contribution in [1.82, 2.24) is 4.57 Å². The minimum absolute atomic E-state index is 0.164. The van der Waals surface area contributed by atoms with Crippen LogP contribution in [0, 0.1) is 13.8 Å². The summed E-state index contributed by atoms with van der Waals surface area (Å²) in [5.74, 6) is -0.159. The SMILES string of the molecule is COC(=O)c1c(C)n(C(=O)COc2ccc(Cl)cc2C)c2ccccc12. The first-order valence-corrected chi connectivity index (χ1v) is 8.42. The van der Waals surface area contributed by atoms with Gasteiger partial charge in [-0.05, 0) is 43.7 Å². The molecule has 0 aliphatic rings. The van der Waals surface area contributed by atoms with Gasteiger partial charge in [0.15, 0.2) is 6.61 Å². The zero-order valence-electron chi connectivity index (χ0n) is 14.7. The summed E-state index contributed by atoms with van der Waals surface area (Å²) in [7, 11) is 1.32. The molecule has 0 fully saturated rings. The highest BCUT2D eigenvalue weighted by atomic mass is 35.5. The third-order valence-electron chi connectivity index (χ3n) is 4.24. The number of carbonyl (C=O) groups excluding carboxylic acids is 2. The van der Waals surface area contributed by atoms with Gasteiger partial charge in [0.2, 0.25) is 0 Å². The number of hydrogen-bond donors (Lipinski definition) is 0. The number of fused-ring (bicyclic) bond motifs is 1. The van der Waals surface area contributed by atoms with Crippen molar-refractivity contribution in [1.29, 1.82) is 0 Å². The molecule has 0 radical (unpaired) electrons. The van der Waals surface area contributed by atoms with Crippen molar-refractivity contribution in [3.63, 3.8) is 0 Å². The predicted molar refractivity (Wildman–Crippen MR) is 100 cm³/mol. The second-order valence-corrected chi connectivity index (χ2v) is 6.33. The first-order chi connectivity index (χ1) is 12.4. The lowest BCUT2D eigenvalue weighted by atomic mass is 10.1. The molecule has 134 valence electrons. The molecule has 0 spiro atoms. The van der Waals surface area contributed by atoms with E-state index in [-0.39, 0.29) is 12.5 Å². The van der Waals surface area contributed by atoms with Crippen LogP contribution in [-0.4, -0.2) is 30.2 Å². The maximum atomic E-state index is 12.8. The fourth-order valence-electron chi connectivity index (χ4n) is 3.03. The van der Waals surface area contributed by atoms with Crippen LogP contribution in [0.25, 0.3) is 10.9 Å². The lowest BCUT2D eigenvalue weighted by Crippen LogP contribution is -2.21. The lowest BCUT2D eigenvalue weighted by Gasteiger charge is -2.11. The Morgan fingerprint density at radius 2 is 1.85 bits per heavy atom. The van der Waals surface area contributed by atoms with Gasteiger partial charge in [-0.25, -0.2) is 4.79 Å². The van der Waals surface area contributed by atoms with Crippen molar-refractivity contribution in [3.8, 4) is 5.75 Å². The number of esters is 1. The zero-order chi connectivity index (χ0) is 18.8. The van der Waals surface area contributed by atoms with Crippen LogP contribution in [0.2, 0.25) is 5.02 Å². The Hall–Kier alpha value is -2.79. The molecule has 3 rings (SSSR count). The summed E-state index contributed by atoms with van der Waals surface area (Å²) in [6, 6.07) is 12.4. The smallest absolute Gasteiger partial charge is 0.340 e. The number of aromatic nitrogens is 1. The summed E-state index contributed by atoms with van der Waals surface area (Å²) < 4.78 is 12.0. The van der Waals surface area contributed by atoms with Crippen molar-refractivity contribution in [2.75, 3.05) is 13.7 Å². The number of ether oxygens (including phenoxy) is 2. The molecule has 6 heteroatoms. The third-order valence-corrected chi connectivity index (χ3v) is 4.47. The molecule has 0 amide bonds. The lowest BCUT2D eigenvalue weighted by molar-refractivity contribution is 0.0602. The van der Waals surface area contributed by atoms with Gasteiger partial charge in [0.1, 0.15) is 5.75 Å². The normalized spacial score (nSPS) is 10.8. The van der Waals surface area contributed by atoms with Gasteiger partial charge in [-0.2, -0.15) is 0 Å². The van der Waals surface area contributed by atoms with Crippen LogP contribution >= 0.6 is 11.6 Å². The van der Waals surface area contributed by atoms with Gasteiger partial charge in [0.05, 0.1) is 18.2 Å². The second-order valence-electron chi connectivity index (χ2n) is 5.90. The largest absolute Gasteiger partial charge is 0.483 e. The number of rotatable bonds is 4. The number of hydrogen-bond acceptors (Lipinski definition) is 4. The molecule has 5 nitrogen and oxygen atoms in total. The van der Waals surface area contributed by atoms with Crippen LogP contribution in [0.1, 0.15) is 26.4 Å². The average Bonchev–Trinajstić information content (AvgIpc) is 2.92. The van der Waals surface area contributed by atoms with E-state index < -0.39 is 5.97 Å². The van der Waals surface area contributed by atoms with Crippen molar-refractivity contribution >= 4 is 34.4 Å². The Morgan fingerprint density at radius 3 is 2.54 bits per heavy atom. The summed E-state index contributed by atoms with van der Waals surface area (Å²) in [5.41, 5.74) is 2.40. The number of para-hydroxylation sites is 1. The number of benzene rings is 2. The molecule has 3 aromatic rings. The molecule has 0 saturated carbocycles. The van der Waals surface area contributed by atoms with E-state index in [2.05, 4.69) is 0 Å². The Balaban J connectivity index is 1.96. The highest BCUT2D eigenvalue weighted by Crippen LogP contribution is 2.27. The standard InChI is InChI=1S/C20H18ClNO4/c1-12-10-14(21)8-9-17(12)26-11-18(23)22-13(2)19(20(24)25-3)15-6-4-5-7-16(15)22/h4-10H,11H2,1-3H3. The van der Waals surface area contributed by atoms with E-state index in [4.69, 9.17) is 21.1 Å². The van der Waals surface area contributed by atoms with Crippen LogP contribution in [0.5, 0.6) is 5.75 Å². The molecule has 0 saturated heterocycles. The van der Waals surface area contributed by atoms with Crippen LogP contribution in [0.15, 0.2) is 42.5 Å². The molecule has 2 aromatic carbocycles. The monoisotopic (exact) mass is 371 g/mol. The third kappa shape index (κ3) is 3.18. The number of aryl methyl sites for hydroxylation is 1. The number of halogens is 1. The molecular formula is C20H18ClNO4. The topological polar surface area (TPSA) is 57.5 Å². The van der Waals surface area contributed by atoms with Gasteiger partial charge >= 0.3 is 5.97 Å². The fraction of sp³-hybridized carbons (Fsp3) is 0.200. The van der Waals surface area contributed by atoms with E-state index in [9.17, 15) is 9.59 Å². The van der Waals surface area contributed by atoms with Gasteiger partial charge in [-0.15, -0.1) is 0 Å². The number of carbonyl (C=O) groups is 2. The van der Waals surface area contributed by atoms with Gasteiger partial charge < -0.3 is 9.47 Å². The van der Waals surface area contributed by atoms with E-state index in [1.54, 1.807) is 37.3 Å². The van der Waals surface area contributed by atoms with Crippen molar-refractivity contribution in [3.05, 3.63) is 64.3 Å². The minimum atomic E-state index is -0.472. The van der Waals surface area contributed by atoms with E-state index in [1.807, 2.05) is 19.1 Å².